The first-order chi connectivity index (χ1) is 10.7. The van der Waals surface area contributed by atoms with Crippen LogP contribution in [0, 0.1) is 0 Å². The number of hydrogen-bond acceptors (Lipinski definition) is 4. The third-order valence-corrected chi connectivity index (χ3v) is 5.15. The maximum absolute atomic E-state index is 12.5. The zero-order valence-electron chi connectivity index (χ0n) is 12.1. The minimum Gasteiger partial charge on any atom is -0.368 e. The summed E-state index contributed by atoms with van der Waals surface area (Å²) in [5.41, 5.74) is 5.41. The first-order valence-electron chi connectivity index (χ1n) is 6.97. The predicted octanol–water partition coefficient (Wildman–Crippen LogP) is 1.16. The molecule has 2 amide bonds. The molecule has 126 valence electrons. The van der Waals surface area contributed by atoms with Gasteiger partial charge in [0.15, 0.2) is 0 Å². The largest absolute Gasteiger partial charge is 0.368 e. The van der Waals surface area contributed by atoms with E-state index in [0.29, 0.717) is 13.0 Å². The summed E-state index contributed by atoms with van der Waals surface area (Å²) in [7, 11) is -4.70. The highest BCUT2D eigenvalue weighted by molar-refractivity contribution is 7.91. The molecular formula is C14H16F2N2O4S. The molecule has 1 aliphatic rings. The van der Waals surface area contributed by atoms with Crippen LogP contribution in [-0.4, -0.2) is 43.5 Å². The monoisotopic (exact) mass is 346 g/mol. The van der Waals surface area contributed by atoms with Crippen molar-refractivity contribution in [2.75, 3.05) is 6.54 Å². The minimum atomic E-state index is -4.70. The topological polar surface area (TPSA) is 97.5 Å². The number of amides is 2. The second-order valence-electron chi connectivity index (χ2n) is 5.24. The molecular weight excluding hydrogens is 330 g/mol. The number of rotatable bonds is 4. The predicted molar refractivity (Wildman–Crippen MR) is 77.5 cm³/mol. The molecule has 0 spiro atoms. The molecule has 0 radical (unpaired) electrons. The summed E-state index contributed by atoms with van der Waals surface area (Å²) in [6, 6.07) is 3.52. The van der Waals surface area contributed by atoms with Crippen LogP contribution < -0.4 is 5.73 Å². The lowest BCUT2D eigenvalue weighted by molar-refractivity contribution is -0.123. The second kappa shape index (κ2) is 6.61. The fourth-order valence-corrected chi connectivity index (χ4v) is 3.25. The number of nitrogens with two attached hydrogens (primary N) is 1. The van der Waals surface area contributed by atoms with E-state index in [1.165, 1.54) is 4.90 Å². The maximum atomic E-state index is 12.5. The zero-order chi connectivity index (χ0) is 17.2. The molecule has 1 saturated heterocycles. The fourth-order valence-electron chi connectivity index (χ4n) is 2.53. The molecule has 1 aliphatic heterocycles. The van der Waals surface area contributed by atoms with Crippen LogP contribution in [0.2, 0.25) is 0 Å². The van der Waals surface area contributed by atoms with Crippen LogP contribution >= 0.6 is 0 Å². The van der Waals surface area contributed by atoms with Gasteiger partial charge in [-0.15, -0.1) is 0 Å². The van der Waals surface area contributed by atoms with Gasteiger partial charge in [0.05, 0.1) is 4.90 Å². The van der Waals surface area contributed by atoms with Crippen LogP contribution in [0.15, 0.2) is 29.2 Å². The molecule has 2 N–H and O–H groups in total. The lowest BCUT2D eigenvalue weighted by Gasteiger charge is -2.33. The lowest BCUT2D eigenvalue weighted by atomic mass is 10.0. The Morgan fingerprint density at radius 3 is 2.30 bits per heavy atom. The number of carbonyl (C=O) groups is 2. The van der Waals surface area contributed by atoms with Crippen LogP contribution in [0.1, 0.15) is 29.6 Å². The number of carbonyl (C=O) groups excluding carboxylic acids is 2. The van der Waals surface area contributed by atoms with E-state index in [0.717, 1.165) is 37.1 Å². The molecule has 2 rings (SSSR count). The van der Waals surface area contributed by atoms with E-state index < -0.39 is 38.3 Å². The molecule has 9 heteroatoms. The van der Waals surface area contributed by atoms with Crippen molar-refractivity contribution >= 4 is 21.7 Å². The van der Waals surface area contributed by atoms with Crippen molar-refractivity contribution in [3.63, 3.8) is 0 Å². The van der Waals surface area contributed by atoms with Crippen LogP contribution in [0.3, 0.4) is 0 Å². The van der Waals surface area contributed by atoms with Gasteiger partial charge in [0, 0.05) is 12.1 Å². The Morgan fingerprint density at radius 1 is 1.17 bits per heavy atom. The summed E-state index contributed by atoms with van der Waals surface area (Å²) in [6.45, 7) is 0.365. The number of halogens is 2. The van der Waals surface area contributed by atoms with Gasteiger partial charge in [-0.25, -0.2) is 8.42 Å². The molecule has 1 aromatic carbocycles. The number of likely N-dealkylation sites (tertiary alicyclic amines) is 1. The van der Waals surface area contributed by atoms with E-state index in [1.54, 1.807) is 0 Å². The lowest BCUT2D eigenvalue weighted by Crippen LogP contribution is -2.50. The average Bonchev–Trinajstić information content (AvgIpc) is 2.54. The van der Waals surface area contributed by atoms with Crippen molar-refractivity contribution in [3.05, 3.63) is 29.8 Å². The number of piperidine rings is 1. The Hall–Kier alpha value is -2.03. The molecule has 1 fully saturated rings. The highest BCUT2D eigenvalue weighted by atomic mass is 32.2. The first kappa shape index (κ1) is 17.3. The van der Waals surface area contributed by atoms with Gasteiger partial charge < -0.3 is 10.6 Å². The quantitative estimate of drug-likeness (QED) is 0.885. The SMILES string of the molecule is NC(=O)C1CCCCN1C(=O)c1ccc(S(=O)(=O)C(F)F)cc1. The number of nitrogens with zero attached hydrogens (tertiary/aromatic N) is 1. The van der Waals surface area contributed by atoms with Crippen molar-refractivity contribution in [1.29, 1.82) is 0 Å². The summed E-state index contributed by atoms with van der Waals surface area (Å²) < 4.78 is 47.6. The average molecular weight is 346 g/mol. The number of primary amides is 1. The van der Waals surface area contributed by atoms with Gasteiger partial charge in [-0.3, -0.25) is 9.59 Å². The van der Waals surface area contributed by atoms with E-state index in [9.17, 15) is 26.8 Å². The molecule has 1 aromatic rings. The van der Waals surface area contributed by atoms with Crippen molar-refractivity contribution in [3.8, 4) is 0 Å². The zero-order valence-corrected chi connectivity index (χ0v) is 12.9. The molecule has 0 saturated carbocycles. The van der Waals surface area contributed by atoms with Crippen LogP contribution in [0.5, 0.6) is 0 Å². The number of alkyl halides is 2. The standard InChI is InChI=1S/C14H16F2N2O4S/c15-14(16)23(21,22)10-6-4-9(5-7-10)13(20)18-8-2-1-3-11(18)12(17)19/h4-7,11,14H,1-3,8H2,(H2,17,19). The Kier molecular flexibility index (Phi) is 4.98. The molecule has 0 aromatic heterocycles. The van der Waals surface area contributed by atoms with E-state index in [-0.39, 0.29) is 5.56 Å². The number of hydrogen-bond donors (Lipinski definition) is 1. The van der Waals surface area contributed by atoms with E-state index in [1.807, 2.05) is 0 Å². The second-order valence-corrected chi connectivity index (χ2v) is 7.16. The van der Waals surface area contributed by atoms with Crippen LogP contribution in [0.4, 0.5) is 8.78 Å². The Morgan fingerprint density at radius 2 is 1.78 bits per heavy atom. The van der Waals surface area contributed by atoms with E-state index in [4.69, 9.17) is 5.73 Å². The van der Waals surface area contributed by atoms with Gasteiger partial charge in [0.1, 0.15) is 6.04 Å². The van der Waals surface area contributed by atoms with E-state index in [2.05, 4.69) is 0 Å². The van der Waals surface area contributed by atoms with Crippen molar-refractivity contribution in [1.82, 2.24) is 4.90 Å². The van der Waals surface area contributed by atoms with Gasteiger partial charge in [-0.05, 0) is 43.5 Å². The van der Waals surface area contributed by atoms with E-state index >= 15 is 0 Å². The van der Waals surface area contributed by atoms with Crippen molar-refractivity contribution in [2.24, 2.45) is 5.73 Å². The minimum absolute atomic E-state index is 0.117. The molecule has 23 heavy (non-hydrogen) atoms. The summed E-state index contributed by atoms with van der Waals surface area (Å²) in [4.78, 5) is 24.6. The normalized spacial score (nSPS) is 18.9. The Labute approximate surface area is 132 Å². The molecule has 6 nitrogen and oxygen atoms in total. The summed E-state index contributed by atoms with van der Waals surface area (Å²) >= 11 is 0. The van der Waals surface area contributed by atoms with Gasteiger partial charge in [0.2, 0.25) is 15.7 Å². The maximum Gasteiger partial charge on any atom is 0.341 e. The molecule has 0 bridgehead atoms. The third kappa shape index (κ3) is 3.49. The van der Waals surface area contributed by atoms with Gasteiger partial charge in [-0.1, -0.05) is 0 Å². The third-order valence-electron chi connectivity index (χ3n) is 3.76. The summed E-state index contributed by atoms with van der Waals surface area (Å²) in [6.07, 6.45) is 1.98. The molecule has 1 heterocycles. The van der Waals surface area contributed by atoms with Crippen LogP contribution in [0.25, 0.3) is 0 Å². The van der Waals surface area contributed by atoms with Gasteiger partial charge in [0.25, 0.3) is 5.91 Å². The smallest absolute Gasteiger partial charge is 0.341 e. The summed E-state index contributed by atoms with van der Waals surface area (Å²) in [5, 5.41) is 0. The van der Waals surface area contributed by atoms with Crippen LogP contribution in [-0.2, 0) is 14.6 Å². The van der Waals surface area contributed by atoms with Gasteiger partial charge >= 0.3 is 5.76 Å². The van der Waals surface area contributed by atoms with Crippen molar-refractivity contribution < 1.29 is 26.8 Å². The number of benzene rings is 1. The molecule has 0 aliphatic carbocycles. The Balaban J connectivity index is 2.25. The highest BCUT2D eigenvalue weighted by Gasteiger charge is 2.32. The molecule has 1 atom stereocenters. The first-order valence-corrected chi connectivity index (χ1v) is 8.52. The summed E-state index contributed by atoms with van der Waals surface area (Å²) in [5.74, 6) is -4.60. The number of sulfone groups is 1. The van der Waals surface area contributed by atoms with Gasteiger partial charge in [-0.2, -0.15) is 8.78 Å². The highest BCUT2D eigenvalue weighted by Crippen LogP contribution is 2.22. The molecule has 1 unspecified atom stereocenters. The van der Waals surface area contributed by atoms with Crippen molar-refractivity contribution in [2.45, 2.75) is 36.0 Å². The fraction of sp³-hybridized carbons (Fsp3) is 0.429. The Bertz CT molecular complexity index is 704.